The van der Waals surface area contributed by atoms with Gasteiger partial charge in [0, 0.05) is 40.3 Å². The van der Waals surface area contributed by atoms with Gasteiger partial charge in [-0.05, 0) is 36.5 Å². The van der Waals surface area contributed by atoms with Crippen molar-refractivity contribution in [2.24, 2.45) is 10.9 Å². The first-order valence-electron chi connectivity index (χ1n) is 11.8. The van der Waals surface area contributed by atoms with E-state index in [1.165, 1.54) is 44.2 Å². The lowest BCUT2D eigenvalue weighted by Crippen LogP contribution is -2.47. The normalized spacial score (nSPS) is 18.8. The van der Waals surface area contributed by atoms with Crippen LogP contribution in [-0.2, 0) is 9.53 Å². The summed E-state index contributed by atoms with van der Waals surface area (Å²) in [5.41, 5.74) is 1.05. The highest BCUT2D eigenvalue weighted by Crippen LogP contribution is 2.23. The lowest BCUT2D eigenvalue weighted by Gasteiger charge is -2.35. The summed E-state index contributed by atoms with van der Waals surface area (Å²) in [5.74, 6) is 1.03. The summed E-state index contributed by atoms with van der Waals surface area (Å²) in [7, 11) is 3.48. The van der Waals surface area contributed by atoms with E-state index in [1.54, 1.807) is 19.0 Å². The Balaban J connectivity index is 0.00000385. The molecule has 1 saturated carbocycles. The molecule has 0 aromatic heterocycles. The number of benzene rings is 1. The average molecular weight is 576 g/mol. The molecule has 186 valence electrons. The van der Waals surface area contributed by atoms with E-state index in [2.05, 4.69) is 20.5 Å². The lowest BCUT2D eigenvalue weighted by atomic mass is 9.89. The number of hydrogen-bond acceptors (Lipinski definition) is 4. The molecular weight excluding hydrogens is 536 g/mol. The fourth-order valence-electron chi connectivity index (χ4n) is 4.32. The van der Waals surface area contributed by atoms with Gasteiger partial charge < -0.3 is 20.3 Å². The van der Waals surface area contributed by atoms with Crippen molar-refractivity contribution < 1.29 is 13.9 Å². The third-order valence-electron chi connectivity index (χ3n) is 6.36. The van der Waals surface area contributed by atoms with Gasteiger partial charge in [0.1, 0.15) is 12.4 Å². The molecule has 1 aromatic rings. The van der Waals surface area contributed by atoms with Gasteiger partial charge in [0.05, 0.1) is 19.3 Å². The summed E-state index contributed by atoms with van der Waals surface area (Å²) >= 11 is 0. The first kappa shape index (κ1) is 27.8. The Hall–Kier alpha value is -1.46. The van der Waals surface area contributed by atoms with Crippen molar-refractivity contribution in [1.29, 1.82) is 0 Å². The molecule has 9 heteroatoms. The maximum Gasteiger partial charge on any atom is 0.243 e. The second kappa shape index (κ2) is 14.7. The third-order valence-corrected chi connectivity index (χ3v) is 6.36. The first-order valence-corrected chi connectivity index (χ1v) is 11.8. The Kier molecular flexibility index (Phi) is 12.4. The lowest BCUT2D eigenvalue weighted by molar-refractivity contribution is -0.127. The molecule has 2 aliphatic rings. The molecule has 1 amide bonds. The number of carbonyl (C=O) groups excluding carboxylic acids is 1. The zero-order chi connectivity index (χ0) is 22.8. The average Bonchev–Trinajstić information content (AvgIpc) is 2.82. The van der Waals surface area contributed by atoms with Gasteiger partial charge in [-0.25, -0.2) is 9.38 Å². The number of amides is 1. The number of guanidine groups is 1. The predicted octanol–water partition coefficient (Wildman–Crippen LogP) is 3.02. The van der Waals surface area contributed by atoms with Gasteiger partial charge in [-0.2, -0.15) is 0 Å². The van der Waals surface area contributed by atoms with Gasteiger partial charge in [-0.3, -0.25) is 9.69 Å². The Morgan fingerprint density at radius 3 is 2.45 bits per heavy atom. The van der Waals surface area contributed by atoms with Gasteiger partial charge in [-0.15, -0.1) is 24.0 Å². The summed E-state index contributed by atoms with van der Waals surface area (Å²) in [6.45, 7) is 4.60. The van der Waals surface area contributed by atoms with Gasteiger partial charge in [0.25, 0.3) is 0 Å². The highest BCUT2D eigenvalue weighted by molar-refractivity contribution is 14.0. The Morgan fingerprint density at radius 1 is 1.15 bits per heavy atom. The number of hydrogen-bond donors (Lipinski definition) is 2. The standard InChI is InChI=1S/C24H38FN5O2.HI/c1-29(2)23(31)18-28-24(26-16-19-6-4-3-5-7-19)27-17-22(30-12-14-32-15-13-30)20-8-10-21(25)11-9-20;/h8-11,19,22H,3-7,12-18H2,1-2H3,(H2,26,27,28);1H. The monoisotopic (exact) mass is 575 g/mol. The Morgan fingerprint density at radius 2 is 1.82 bits per heavy atom. The van der Waals surface area contributed by atoms with E-state index >= 15 is 0 Å². The molecule has 33 heavy (non-hydrogen) atoms. The van der Waals surface area contributed by atoms with Crippen molar-refractivity contribution in [1.82, 2.24) is 20.4 Å². The highest BCUT2D eigenvalue weighted by Gasteiger charge is 2.23. The van der Waals surface area contributed by atoms with E-state index in [0.717, 1.165) is 25.2 Å². The fourth-order valence-corrected chi connectivity index (χ4v) is 4.32. The third kappa shape index (κ3) is 9.36. The van der Waals surface area contributed by atoms with Crippen LogP contribution >= 0.6 is 24.0 Å². The van der Waals surface area contributed by atoms with Gasteiger partial charge in [0.15, 0.2) is 5.96 Å². The molecule has 0 bridgehead atoms. The first-order chi connectivity index (χ1) is 15.5. The second-order valence-corrected chi connectivity index (χ2v) is 8.93. The summed E-state index contributed by atoms with van der Waals surface area (Å²) < 4.78 is 19.0. The molecule has 1 heterocycles. The molecule has 2 N–H and O–H groups in total. The van der Waals surface area contributed by atoms with E-state index in [4.69, 9.17) is 4.74 Å². The van der Waals surface area contributed by atoms with Crippen molar-refractivity contribution in [2.75, 3.05) is 60.0 Å². The van der Waals surface area contributed by atoms with Crippen LogP contribution in [0.2, 0.25) is 0 Å². The summed E-state index contributed by atoms with van der Waals surface area (Å²) in [5, 5.41) is 6.92. The molecule has 3 rings (SSSR count). The number of carbonyl (C=O) groups is 1. The maximum absolute atomic E-state index is 13.5. The molecule has 1 aliphatic heterocycles. The number of aliphatic imine (C=N–C) groups is 1. The summed E-state index contributed by atoms with van der Waals surface area (Å²) in [6.07, 6.45) is 6.38. The van der Waals surface area contributed by atoms with Gasteiger partial charge in [-0.1, -0.05) is 31.4 Å². The molecule has 2 fully saturated rings. The molecule has 1 aromatic carbocycles. The Bertz CT molecular complexity index is 735. The minimum atomic E-state index is -0.235. The van der Waals surface area contributed by atoms with Crippen molar-refractivity contribution in [3.05, 3.63) is 35.6 Å². The van der Waals surface area contributed by atoms with Gasteiger partial charge >= 0.3 is 0 Å². The summed E-state index contributed by atoms with van der Waals surface area (Å²) in [6, 6.07) is 6.77. The molecule has 0 radical (unpaired) electrons. The van der Waals surface area contributed by atoms with Crippen LogP contribution < -0.4 is 10.6 Å². The largest absolute Gasteiger partial charge is 0.379 e. The quantitative estimate of drug-likeness (QED) is 0.284. The number of halogens is 2. The fraction of sp³-hybridized carbons (Fsp3) is 0.667. The van der Waals surface area contributed by atoms with Crippen LogP contribution in [0.4, 0.5) is 4.39 Å². The van der Waals surface area contributed by atoms with Crippen LogP contribution in [0.3, 0.4) is 0 Å². The minimum Gasteiger partial charge on any atom is -0.379 e. The van der Waals surface area contributed by atoms with Crippen molar-refractivity contribution in [3.63, 3.8) is 0 Å². The predicted molar refractivity (Wildman–Crippen MR) is 141 cm³/mol. The van der Waals surface area contributed by atoms with Crippen LogP contribution in [0.5, 0.6) is 0 Å². The van der Waals surface area contributed by atoms with Crippen LogP contribution in [0, 0.1) is 11.7 Å². The smallest absolute Gasteiger partial charge is 0.243 e. The van der Waals surface area contributed by atoms with Crippen molar-refractivity contribution >= 4 is 35.8 Å². The molecule has 0 spiro atoms. The van der Waals surface area contributed by atoms with Crippen LogP contribution in [0.15, 0.2) is 29.3 Å². The number of nitrogens with zero attached hydrogens (tertiary/aromatic N) is 3. The van der Waals surface area contributed by atoms with Crippen LogP contribution in [0.25, 0.3) is 0 Å². The van der Waals surface area contributed by atoms with E-state index in [1.807, 2.05) is 12.1 Å². The van der Waals surface area contributed by atoms with Crippen molar-refractivity contribution in [2.45, 2.75) is 38.1 Å². The molecular formula is C24H39FIN5O2. The number of ether oxygens (including phenoxy) is 1. The molecule has 1 aliphatic carbocycles. The zero-order valence-corrected chi connectivity index (χ0v) is 22.2. The maximum atomic E-state index is 13.5. The topological polar surface area (TPSA) is 69.2 Å². The summed E-state index contributed by atoms with van der Waals surface area (Å²) in [4.78, 5) is 20.6. The number of morpholine rings is 1. The van der Waals surface area contributed by atoms with Crippen LogP contribution in [-0.4, -0.2) is 81.7 Å². The van der Waals surface area contributed by atoms with Gasteiger partial charge in [0.2, 0.25) is 5.91 Å². The zero-order valence-electron chi connectivity index (χ0n) is 19.9. The molecule has 7 nitrogen and oxygen atoms in total. The molecule has 1 saturated heterocycles. The van der Waals surface area contributed by atoms with E-state index in [-0.39, 0.29) is 48.3 Å². The SMILES string of the molecule is CN(C)C(=O)CN=C(NCC1CCCCC1)NCC(c1ccc(F)cc1)N1CCOCC1.I. The highest BCUT2D eigenvalue weighted by atomic mass is 127. The minimum absolute atomic E-state index is 0. The van der Waals surface area contributed by atoms with Crippen LogP contribution in [0.1, 0.15) is 43.7 Å². The number of likely N-dealkylation sites (N-methyl/N-ethyl adjacent to an activating group) is 1. The van der Waals surface area contributed by atoms with E-state index < -0.39 is 0 Å². The van der Waals surface area contributed by atoms with E-state index in [0.29, 0.717) is 31.6 Å². The second-order valence-electron chi connectivity index (χ2n) is 8.93. The molecule has 1 unspecified atom stereocenters. The molecule has 1 atom stereocenters. The number of rotatable bonds is 8. The number of nitrogens with one attached hydrogen (secondary N) is 2. The van der Waals surface area contributed by atoms with Crippen molar-refractivity contribution in [3.8, 4) is 0 Å². The Labute approximate surface area is 214 Å². The van der Waals surface area contributed by atoms with E-state index in [9.17, 15) is 9.18 Å².